The average Bonchev–Trinajstić information content (AvgIpc) is 1.84. The van der Waals surface area contributed by atoms with Crippen LogP contribution in [0.5, 0.6) is 0 Å². The molecule has 4 N–H and O–H groups in total. The zero-order chi connectivity index (χ0) is 7.72. The molecule has 0 bridgehead atoms. The first-order valence-electron chi connectivity index (χ1n) is 2.48. The maximum absolute atomic E-state index is 5.56. The molecular weight excluding hydrogens is 173 g/mol. The lowest BCUT2D eigenvalue weighted by atomic mass is 10.4. The third-order valence-corrected chi connectivity index (χ3v) is 1.59. The van der Waals surface area contributed by atoms with Gasteiger partial charge in [-0.1, -0.05) is 23.2 Å². The fraction of sp³-hybridized carbons (Fsp3) is 0. The van der Waals surface area contributed by atoms with Crippen LogP contribution in [-0.4, -0.2) is 4.98 Å². The molecular formula is C5H5Cl2N3. The third-order valence-electron chi connectivity index (χ3n) is 0.984. The Morgan fingerprint density at radius 2 is 1.50 bits per heavy atom. The smallest absolute Gasteiger partial charge is 0.144 e. The molecule has 1 heterocycles. The largest absolute Gasteiger partial charge is 0.382 e. The molecule has 1 aromatic heterocycles. The van der Waals surface area contributed by atoms with E-state index in [9.17, 15) is 0 Å². The molecule has 0 aliphatic rings. The summed E-state index contributed by atoms with van der Waals surface area (Å²) in [4.78, 5) is 3.66. The summed E-state index contributed by atoms with van der Waals surface area (Å²) in [6.07, 6.45) is 0. The Balaban J connectivity index is 3.28. The Morgan fingerprint density at radius 3 is 1.80 bits per heavy atom. The molecule has 0 aliphatic heterocycles. The van der Waals surface area contributed by atoms with Gasteiger partial charge in [-0.2, -0.15) is 0 Å². The highest BCUT2D eigenvalue weighted by Crippen LogP contribution is 2.24. The van der Waals surface area contributed by atoms with Crippen molar-refractivity contribution in [3.8, 4) is 0 Å². The number of pyridine rings is 1. The lowest BCUT2D eigenvalue weighted by Crippen LogP contribution is -1.97. The predicted molar refractivity (Wildman–Crippen MR) is 43.1 cm³/mol. The minimum atomic E-state index is 0.198. The van der Waals surface area contributed by atoms with E-state index in [1.165, 1.54) is 6.07 Å². The van der Waals surface area contributed by atoms with E-state index in [1.54, 1.807) is 0 Å². The molecule has 0 fully saturated rings. The summed E-state index contributed by atoms with van der Waals surface area (Å²) >= 11 is 11.1. The normalized spacial score (nSPS) is 9.80. The molecule has 0 aliphatic carbocycles. The van der Waals surface area contributed by atoms with Crippen molar-refractivity contribution in [2.24, 2.45) is 0 Å². The fourth-order valence-electron chi connectivity index (χ4n) is 0.496. The van der Waals surface area contributed by atoms with Gasteiger partial charge in [-0.25, -0.2) is 4.98 Å². The van der Waals surface area contributed by atoms with Crippen molar-refractivity contribution in [2.45, 2.75) is 0 Å². The van der Waals surface area contributed by atoms with Crippen LogP contribution in [0, 0.1) is 0 Å². The van der Waals surface area contributed by atoms with Gasteiger partial charge in [-0.15, -0.1) is 0 Å². The number of anilines is 2. The maximum Gasteiger partial charge on any atom is 0.144 e. The number of aromatic nitrogens is 1. The Labute approximate surface area is 67.9 Å². The summed E-state index contributed by atoms with van der Waals surface area (Å²) in [5.74, 6) is 0.395. The third kappa shape index (κ3) is 1.25. The van der Waals surface area contributed by atoms with Crippen LogP contribution < -0.4 is 11.5 Å². The number of hydrogen-bond donors (Lipinski definition) is 2. The second-order valence-corrected chi connectivity index (χ2v) is 2.54. The van der Waals surface area contributed by atoms with E-state index in [0.29, 0.717) is 10.0 Å². The summed E-state index contributed by atoms with van der Waals surface area (Å²) in [5.41, 5.74) is 10.6. The Kier molecular flexibility index (Phi) is 1.87. The van der Waals surface area contributed by atoms with E-state index in [-0.39, 0.29) is 11.6 Å². The van der Waals surface area contributed by atoms with Gasteiger partial charge in [0.15, 0.2) is 0 Å². The van der Waals surface area contributed by atoms with Crippen molar-refractivity contribution >= 4 is 34.8 Å². The average molecular weight is 178 g/mol. The van der Waals surface area contributed by atoms with E-state index in [1.807, 2.05) is 0 Å². The Bertz CT molecular complexity index is 211. The number of nitrogen functional groups attached to an aromatic ring is 2. The van der Waals surface area contributed by atoms with Crippen LogP contribution in [0.1, 0.15) is 0 Å². The van der Waals surface area contributed by atoms with Crippen molar-refractivity contribution in [2.75, 3.05) is 11.5 Å². The van der Waals surface area contributed by atoms with E-state index in [0.717, 1.165) is 0 Å². The molecule has 0 saturated carbocycles. The van der Waals surface area contributed by atoms with Crippen molar-refractivity contribution in [3.63, 3.8) is 0 Å². The van der Waals surface area contributed by atoms with Crippen LogP contribution in [0.2, 0.25) is 10.0 Å². The number of rotatable bonds is 0. The summed E-state index contributed by atoms with van der Waals surface area (Å²) < 4.78 is 0. The first-order valence-corrected chi connectivity index (χ1v) is 3.24. The van der Waals surface area contributed by atoms with E-state index < -0.39 is 0 Å². The number of halogens is 2. The number of nitrogens with zero attached hydrogens (tertiary/aromatic N) is 1. The molecule has 1 rings (SSSR count). The zero-order valence-corrected chi connectivity index (χ0v) is 6.45. The zero-order valence-electron chi connectivity index (χ0n) is 4.94. The SMILES string of the molecule is Nc1nc(N)c(Cl)cc1Cl. The van der Waals surface area contributed by atoms with Gasteiger partial charge < -0.3 is 11.5 Å². The summed E-state index contributed by atoms with van der Waals surface area (Å²) in [6, 6.07) is 1.46. The molecule has 0 atom stereocenters. The highest BCUT2D eigenvalue weighted by Gasteiger charge is 2.01. The second-order valence-electron chi connectivity index (χ2n) is 1.72. The number of hydrogen-bond acceptors (Lipinski definition) is 3. The van der Waals surface area contributed by atoms with Crippen LogP contribution in [0.3, 0.4) is 0 Å². The highest BCUT2D eigenvalue weighted by molar-refractivity contribution is 6.37. The van der Waals surface area contributed by atoms with Gasteiger partial charge in [0.25, 0.3) is 0 Å². The topological polar surface area (TPSA) is 64.9 Å². The van der Waals surface area contributed by atoms with Gasteiger partial charge in [0.1, 0.15) is 11.6 Å². The van der Waals surface area contributed by atoms with Crippen LogP contribution >= 0.6 is 23.2 Å². The van der Waals surface area contributed by atoms with Gasteiger partial charge in [-0.3, -0.25) is 0 Å². The van der Waals surface area contributed by atoms with Crippen LogP contribution in [0.4, 0.5) is 11.6 Å². The van der Waals surface area contributed by atoms with Crippen LogP contribution in [0.25, 0.3) is 0 Å². The minimum absolute atomic E-state index is 0.198. The highest BCUT2D eigenvalue weighted by atomic mass is 35.5. The molecule has 54 valence electrons. The maximum atomic E-state index is 5.56. The monoisotopic (exact) mass is 177 g/mol. The van der Waals surface area contributed by atoms with Gasteiger partial charge in [0.05, 0.1) is 10.0 Å². The minimum Gasteiger partial charge on any atom is -0.382 e. The molecule has 0 radical (unpaired) electrons. The van der Waals surface area contributed by atoms with E-state index >= 15 is 0 Å². The predicted octanol–water partition coefficient (Wildman–Crippen LogP) is 1.55. The molecule has 0 unspecified atom stereocenters. The van der Waals surface area contributed by atoms with Gasteiger partial charge in [0.2, 0.25) is 0 Å². The van der Waals surface area contributed by atoms with Crippen molar-refractivity contribution < 1.29 is 0 Å². The quantitative estimate of drug-likeness (QED) is 0.633. The second kappa shape index (κ2) is 2.52. The lowest BCUT2D eigenvalue weighted by molar-refractivity contribution is 1.34. The van der Waals surface area contributed by atoms with Gasteiger partial charge >= 0.3 is 0 Å². The van der Waals surface area contributed by atoms with Crippen molar-refractivity contribution in [1.82, 2.24) is 4.98 Å². The van der Waals surface area contributed by atoms with Gasteiger partial charge in [-0.05, 0) is 6.07 Å². The summed E-state index contributed by atoms with van der Waals surface area (Å²) in [6.45, 7) is 0. The van der Waals surface area contributed by atoms with Gasteiger partial charge in [0, 0.05) is 0 Å². The number of nitrogens with two attached hydrogens (primary N) is 2. The molecule has 0 aromatic carbocycles. The van der Waals surface area contributed by atoms with Crippen molar-refractivity contribution in [3.05, 3.63) is 16.1 Å². The van der Waals surface area contributed by atoms with Crippen molar-refractivity contribution in [1.29, 1.82) is 0 Å². The van der Waals surface area contributed by atoms with E-state index in [2.05, 4.69) is 4.98 Å². The van der Waals surface area contributed by atoms with Crippen LogP contribution in [0.15, 0.2) is 6.07 Å². The Hall–Kier alpha value is -0.670. The first-order chi connectivity index (χ1) is 4.61. The summed E-state index contributed by atoms with van der Waals surface area (Å²) in [5, 5.41) is 0.637. The molecule has 0 amide bonds. The molecule has 3 nitrogen and oxygen atoms in total. The standard InChI is InChI=1S/C5H5Cl2N3/c6-2-1-3(7)5(9)10-4(2)8/h1H,(H4,8,9,10). The van der Waals surface area contributed by atoms with Crippen LogP contribution in [-0.2, 0) is 0 Å². The molecule has 0 spiro atoms. The Morgan fingerprint density at radius 1 is 1.10 bits per heavy atom. The van der Waals surface area contributed by atoms with E-state index in [4.69, 9.17) is 34.7 Å². The summed E-state index contributed by atoms with van der Waals surface area (Å²) in [7, 11) is 0. The molecule has 10 heavy (non-hydrogen) atoms. The fourth-order valence-corrected chi connectivity index (χ4v) is 0.854. The molecule has 5 heteroatoms. The molecule has 0 saturated heterocycles. The lowest BCUT2D eigenvalue weighted by Gasteiger charge is -1.99. The first kappa shape index (κ1) is 7.44. The molecule has 1 aromatic rings.